The first-order valence-corrected chi connectivity index (χ1v) is 6.23. The second-order valence-electron chi connectivity index (χ2n) is 5.39. The number of aryl methyl sites for hydroxylation is 1. The zero-order valence-electron chi connectivity index (χ0n) is 11.0. The van der Waals surface area contributed by atoms with Crippen molar-refractivity contribution in [3.63, 3.8) is 0 Å². The van der Waals surface area contributed by atoms with Crippen molar-refractivity contribution in [2.75, 3.05) is 0 Å². The third-order valence-corrected chi connectivity index (χ3v) is 3.05. The van der Waals surface area contributed by atoms with E-state index in [-0.39, 0.29) is 11.5 Å². The molecule has 0 spiro atoms. The van der Waals surface area contributed by atoms with Crippen LogP contribution in [0, 0.1) is 0 Å². The van der Waals surface area contributed by atoms with Gasteiger partial charge in [-0.1, -0.05) is 51.5 Å². The maximum Gasteiger partial charge on any atom is 0.0520 e. The fourth-order valence-electron chi connectivity index (χ4n) is 2.29. The van der Waals surface area contributed by atoms with Crippen molar-refractivity contribution in [2.45, 2.75) is 58.5 Å². The molecule has 90 valence electrons. The van der Waals surface area contributed by atoms with E-state index in [0.717, 1.165) is 12.8 Å². The fourth-order valence-corrected chi connectivity index (χ4v) is 2.29. The second-order valence-corrected chi connectivity index (χ2v) is 5.39. The molecule has 0 aromatic heterocycles. The first kappa shape index (κ1) is 13.2. The molecular formula is C15H24O. The van der Waals surface area contributed by atoms with Crippen LogP contribution in [0.4, 0.5) is 0 Å². The quantitative estimate of drug-likeness (QED) is 0.802. The summed E-state index contributed by atoms with van der Waals surface area (Å²) >= 11 is 0. The van der Waals surface area contributed by atoms with Crippen molar-refractivity contribution in [1.82, 2.24) is 0 Å². The Morgan fingerprint density at radius 3 is 2.56 bits per heavy atom. The predicted octanol–water partition coefficient (Wildman–Crippen LogP) is 3.69. The molecular weight excluding hydrogens is 196 g/mol. The van der Waals surface area contributed by atoms with Gasteiger partial charge in [0.2, 0.25) is 0 Å². The SMILES string of the molecule is CCCc1cccc(C(C)(C)CC(C)O)c1. The average molecular weight is 220 g/mol. The number of benzene rings is 1. The maximum atomic E-state index is 9.52. The van der Waals surface area contributed by atoms with Gasteiger partial charge < -0.3 is 5.11 Å². The van der Waals surface area contributed by atoms with Gasteiger partial charge in [0, 0.05) is 0 Å². The third-order valence-electron chi connectivity index (χ3n) is 3.05. The van der Waals surface area contributed by atoms with Crippen LogP contribution in [0.2, 0.25) is 0 Å². The topological polar surface area (TPSA) is 20.2 Å². The largest absolute Gasteiger partial charge is 0.393 e. The molecule has 1 rings (SSSR count). The summed E-state index contributed by atoms with van der Waals surface area (Å²) in [5.41, 5.74) is 2.79. The Kier molecular flexibility index (Phi) is 4.55. The highest BCUT2D eigenvalue weighted by Gasteiger charge is 2.22. The monoisotopic (exact) mass is 220 g/mol. The molecule has 0 aliphatic heterocycles. The van der Waals surface area contributed by atoms with E-state index in [1.54, 1.807) is 0 Å². The van der Waals surface area contributed by atoms with Crippen LogP contribution >= 0.6 is 0 Å². The summed E-state index contributed by atoms with van der Waals surface area (Å²) in [4.78, 5) is 0. The van der Waals surface area contributed by atoms with E-state index in [1.165, 1.54) is 17.5 Å². The smallest absolute Gasteiger partial charge is 0.0520 e. The Bertz CT molecular complexity index is 326. The highest BCUT2D eigenvalue weighted by atomic mass is 16.3. The first-order valence-electron chi connectivity index (χ1n) is 6.23. The zero-order valence-corrected chi connectivity index (χ0v) is 11.0. The van der Waals surface area contributed by atoms with Gasteiger partial charge >= 0.3 is 0 Å². The van der Waals surface area contributed by atoms with E-state index >= 15 is 0 Å². The number of aliphatic hydroxyl groups is 1. The van der Waals surface area contributed by atoms with Crippen LogP contribution in [-0.4, -0.2) is 11.2 Å². The lowest BCUT2D eigenvalue weighted by Crippen LogP contribution is -2.23. The molecule has 1 aromatic rings. The number of hydrogen-bond acceptors (Lipinski definition) is 1. The average Bonchev–Trinajstić information content (AvgIpc) is 2.16. The van der Waals surface area contributed by atoms with Crippen molar-refractivity contribution in [3.05, 3.63) is 35.4 Å². The molecule has 1 N–H and O–H groups in total. The number of rotatable bonds is 5. The van der Waals surface area contributed by atoms with Crippen LogP contribution in [-0.2, 0) is 11.8 Å². The molecule has 0 fully saturated rings. The van der Waals surface area contributed by atoms with Gasteiger partial charge in [-0.3, -0.25) is 0 Å². The summed E-state index contributed by atoms with van der Waals surface area (Å²) in [5.74, 6) is 0. The molecule has 0 bridgehead atoms. The second kappa shape index (κ2) is 5.49. The molecule has 1 unspecified atom stereocenters. The Morgan fingerprint density at radius 2 is 2.00 bits per heavy atom. The minimum Gasteiger partial charge on any atom is -0.393 e. The van der Waals surface area contributed by atoms with E-state index in [1.807, 2.05) is 6.92 Å². The molecule has 0 aliphatic rings. The van der Waals surface area contributed by atoms with Gasteiger partial charge in [0.15, 0.2) is 0 Å². The van der Waals surface area contributed by atoms with Crippen molar-refractivity contribution in [1.29, 1.82) is 0 Å². The first-order chi connectivity index (χ1) is 7.45. The molecule has 0 saturated carbocycles. The summed E-state index contributed by atoms with van der Waals surface area (Å²) < 4.78 is 0. The Hall–Kier alpha value is -0.820. The molecule has 1 aromatic carbocycles. The standard InChI is InChI=1S/C15H24O/c1-5-7-13-8-6-9-14(10-13)15(3,4)11-12(2)16/h6,8-10,12,16H,5,7,11H2,1-4H3. The van der Waals surface area contributed by atoms with E-state index < -0.39 is 0 Å². The Morgan fingerprint density at radius 1 is 1.31 bits per heavy atom. The van der Waals surface area contributed by atoms with Crippen molar-refractivity contribution in [2.24, 2.45) is 0 Å². The summed E-state index contributed by atoms with van der Waals surface area (Å²) in [6.45, 7) is 8.46. The molecule has 0 radical (unpaired) electrons. The molecule has 0 amide bonds. The van der Waals surface area contributed by atoms with Crippen molar-refractivity contribution >= 4 is 0 Å². The van der Waals surface area contributed by atoms with E-state index in [2.05, 4.69) is 45.0 Å². The van der Waals surface area contributed by atoms with Crippen molar-refractivity contribution < 1.29 is 5.11 Å². The normalized spacial score (nSPS) is 13.8. The van der Waals surface area contributed by atoms with Crippen LogP contribution < -0.4 is 0 Å². The lowest BCUT2D eigenvalue weighted by molar-refractivity contribution is 0.157. The molecule has 1 nitrogen and oxygen atoms in total. The van der Waals surface area contributed by atoms with Crippen LogP contribution in [0.3, 0.4) is 0 Å². The molecule has 0 heterocycles. The van der Waals surface area contributed by atoms with Crippen molar-refractivity contribution in [3.8, 4) is 0 Å². The molecule has 0 saturated heterocycles. The van der Waals surface area contributed by atoms with Gasteiger partial charge in [-0.25, -0.2) is 0 Å². The highest BCUT2D eigenvalue weighted by molar-refractivity contribution is 5.29. The van der Waals surface area contributed by atoms with Crippen LogP contribution in [0.15, 0.2) is 24.3 Å². The minimum atomic E-state index is -0.246. The molecule has 0 aliphatic carbocycles. The summed E-state index contributed by atoms with van der Waals surface area (Å²) in [6, 6.07) is 8.77. The summed E-state index contributed by atoms with van der Waals surface area (Å²) in [7, 11) is 0. The van der Waals surface area contributed by atoms with Gasteiger partial charge in [-0.15, -0.1) is 0 Å². The van der Waals surface area contributed by atoms with E-state index in [4.69, 9.17) is 0 Å². The lowest BCUT2D eigenvalue weighted by Gasteiger charge is -2.27. The Labute approximate surface area is 99.5 Å². The molecule has 16 heavy (non-hydrogen) atoms. The molecule has 1 atom stereocenters. The number of aliphatic hydroxyl groups excluding tert-OH is 1. The van der Waals surface area contributed by atoms with Crippen LogP contribution in [0.1, 0.15) is 51.7 Å². The van der Waals surface area contributed by atoms with E-state index in [0.29, 0.717) is 0 Å². The lowest BCUT2D eigenvalue weighted by atomic mass is 9.79. The van der Waals surface area contributed by atoms with Gasteiger partial charge in [0.1, 0.15) is 0 Å². The zero-order chi connectivity index (χ0) is 12.2. The van der Waals surface area contributed by atoms with Gasteiger partial charge in [0.05, 0.1) is 6.10 Å². The Balaban J connectivity index is 2.89. The van der Waals surface area contributed by atoms with Gasteiger partial charge in [0.25, 0.3) is 0 Å². The van der Waals surface area contributed by atoms with Crippen LogP contribution in [0.25, 0.3) is 0 Å². The van der Waals surface area contributed by atoms with E-state index in [9.17, 15) is 5.11 Å². The fraction of sp³-hybridized carbons (Fsp3) is 0.600. The number of hydrogen-bond donors (Lipinski definition) is 1. The third kappa shape index (κ3) is 3.64. The maximum absolute atomic E-state index is 9.52. The molecule has 1 heteroatoms. The van der Waals surface area contributed by atoms with Gasteiger partial charge in [-0.2, -0.15) is 0 Å². The van der Waals surface area contributed by atoms with Gasteiger partial charge in [-0.05, 0) is 36.3 Å². The summed E-state index contributed by atoms with van der Waals surface area (Å²) in [5, 5.41) is 9.52. The summed E-state index contributed by atoms with van der Waals surface area (Å²) in [6.07, 6.45) is 2.88. The minimum absolute atomic E-state index is 0.0535. The van der Waals surface area contributed by atoms with Crippen LogP contribution in [0.5, 0.6) is 0 Å². The highest BCUT2D eigenvalue weighted by Crippen LogP contribution is 2.29. The predicted molar refractivity (Wildman–Crippen MR) is 69.8 cm³/mol.